The highest BCUT2D eigenvalue weighted by Crippen LogP contribution is 2.14. The molecule has 152 valence electrons. The molecule has 0 aromatic heterocycles. The number of nitrogens with zero attached hydrogens (tertiary/aromatic N) is 2. The minimum atomic E-state index is -0.285. The molecular formula is C23H27N3O2S. The molecule has 0 unspecified atom stereocenters. The summed E-state index contributed by atoms with van der Waals surface area (Å²) in [5.74, 6) is 0.771. The molecule has 0 spiro atoms. The van der Waals surface area contributed by atoms with E-state index in [1.165, 1.54) is 5.56 Å². The van der Waals surface area contributed by atoms with Gasteiger partial charge in [-0.15, -0.1) is 0 Å². The molecule has 0 radical (unpaired) electrons. The molecule has 2 aromatic carbocycles. The average molecular weight is 410 g/mol. The van der Waals surface area contributed by atoms with Crippen LogP contribution in [0.5, 0.6) is 5.75 Å². The van der Waals surface area contributed by atoms with Crippen LogP contribution < -0.4 is 10.1 Å². The molecule has 0 fully saturated rings. The quantitative estimate of drug-likeness (QED) is 0.629. The first-order valence-corrected chi connectivity index (χ1v) is 10.1. The second-order valence-electron chi connectivity index (χ2n) is 7.12. The van der Waals surface area contributed by atoms with Crippen LogP contribution in [0, 0.1) is 17.2 Å². The lowest BCUT2D eigenvalue weighted by molar-refractivity contribution is 0.0973. The lowest BCUT2D eigenvalue weighted by atomic mass is 10.1. The molecule has 1 amide bonds. The van der Waals surface area contributed by atoms with E-state index in [-0.39, 0.29) is 5.91 Å². The molecule has 0 bridgehead atoms. The van der Waals surface area contributed by atoms with Gasteiger partial charge in [-0.1, -0.05) is 50.2 Å². The minimum absolute atomic E-state index is 0.285. The monoisotopic (exact) mass is 409 g/mol. The summed E-state index contributed by atoms with van der Waals surface area (Å²) in [6.45, 7) is 5.83. The van der Waals surface area contributed by atoms with Crippen LogP contribution in [0.15, 0.2) is 54.6 Å². The van der Waals surface area contributed by atoms with E-state index in [4.69, 9.17) is 22.2 Å². The highest BCUT2D eigenvalue weighted by atomic mass is 32.1. The number of rotatable bonds is 9. The van der Waals surface area contributed by atoms with E-state index in [0.29, 0.717) is 48.5 Å². The fourth-order valence-corrected chi connectivity index (χ4v) is 2.92. The first-order valence-electron chi connectivity index (χ1n) is 9.73. The van der Waals surface area contributed by atoms with Crippen LogP contribution in [0.2, 0.25) is 0 Å². The summed E-state index contributed by atoms with van der Waals surface area (Å²) in [6, 6.07) is 19.2. The van der Waals surface area contributed by atoms with E-state index in [2.05, 4.69) is 25.2 Å². The molecular weight excluding hydrogens is 382 g/mol. The van der Waals surface area contributed by atoms with Crippen molar-refractivity contribution in [3.63, 3.8) is 0 Å². The van der Waals surface area contributed by atoms with Crippen molar-refractivity contribution in [3.8, 4) is 11.8 Å². The van der Waals surface area contributed by atoms with Gasteiger partial charge in [-0.05, 0) is 48.3 Å². The van der Waals surface area contributed by atoms with Crippen molar-refractivity contribution >= 4 is 23.2 Å². The average Bonchev–Trinajstić information content (AvgIpc) is 2.73. The molecule has 0 heterocycles. The van der Waals surface area contributed by atoms with E-state index in [9.17, 15) is 4.79 Å². The second-order valence-corrected chi connectivity index (χ2v) is 7.51. The number of thiocarbonyl (C=S) groups is 1. The third kappa shape index (κ3) is 7.92. The van der Waals surface area contributed by atoms with Crippen molar-refractivity contribution in [2.24, 2.45) is 5.92 Å². The van der Waals surface area contributed by atoms with E-state index in [1.807, 2.05) is 41.3 Å². The summed E-state index contributed by atoms with van der Waals surface area (Å²) < 4.78 is 5.69. The first kappa shape index (κ1) is 22.4. The van der Waals surface area contributed by atoms with Crippen LogP contribution in [0.25, 0.3) is 0 Å². The number of carbonyl (C=O) groups excluding carboxylic acids is 1. The molecule has 6 heteroatoms. The number of benzene rings is 2. The number of nitrogens with one attached hydrogen (secondary N) is 1. The summed E-state index contributed by atoms with van der Waals surface area (Å²) >= 11 is 5.45. The Morgan fingerprint density at radius 2 is 1.93 bits per heavy atom. The summed E-state index contributed by atoms with van der Waals surface area (Å²) in [6.07, 6.45) is 1.12. The fourth-order valence-electron chi connectivity index (χ4n) is 2.65. The van der Waals surface area contributed by atoms with E-state index >= 15 is 0 Å². The highest BCUT2D eigenvalue weighted by Gasteiger charge is 2.14. The van der Waals surface area contributed by atoms with Gasteiger partial charge < -0.3 is 9.64 Å². The molecule has 0 atom stereocenters. The van der Waals surface area contributed by atoms with Crippen molar-refractivity contribution in [1.82, 2.24) is 10.2 Å². The van der Waals surface area contributed by atoms with Crippen LogP contribution in [-0.4, -0.2) is 35.6 Å². The highest BCUT2D eigenvalue weighted by molar-refractivity contribution is 7.80. The third-order valence-corrected chi connectivity index (χ3v) is 4.55. The van der Waals surface area contributed by atoms with Crippen molar-refractivity contribution < 1.29 is 9.53 Å². The smallest absolute Gasteiger partial charge is 0.257 e. The van der Waals surface area contributed by atoms with Crippen molar-refractivity contribution in [1.29, 1.82) is 5.26 Å². The largest absolute Gasteiger partial charge is 0.493 e. The summed E-state index contributed by atoms with van der Waals surface area (Å²) in [5.41, 5.74) is 1.66. The Morgan fingerprint density at radius 3 is 2.62 bits per heavy atom. The van der Waals surface area contributed by atoms with Crippen LogP contribution in [0.1, 0.15) is 36.2 Å². The second kappa shape index (κ2) is 11.8. The van der Waals surface area contributed by atoms with Gasteiger partial charge in [0, 0.05) is 18.7 Å². The summed E-state index contributed by atoms with van der Waals surface area (Å²) in [7, 11) is 0. The SMILES string of the molecule is CC(C)COc1cccc(C(=O)NC(=S)N(CCC#N)CCc2ccccc2)c1. The maximum atomic E-state index is 12.7. The Labute approximate surface area is 178 Å². The Kier molecular flexibility index (Phi) is 9.13. The fraction of sp³-hybridized carbons (Fsp3) is 0.348. The Morgan fingerprint density at radius 1 is 1.17 bits per heavy atom. The van der Waals surface area contributed by atoms with Crippen molar-refractivity contribution in [2.45, 2.75) is 26.7 Å². The lowest BCUT2D eigenvalue weighted by Crippen LogP contribution is -2.44. The molecule has 5 nitrogen and oxygen atoms in total. The summed E-state index contributed by atoms with van der Waals surface area (Å²) in [5, 5.41) is 12.1. The van der Waals surface area contributed by atoms with E-state index in [1.54, 1.807) is 18.2 Å². The van der Waals surface area contributed by atoms with E-state index in [0.717, 1.165) is 6.42 Å². The Bertz CT molecular complexity index is 847. The molecule has 0 aliphatic carbocycles. The standard InChI is InChI=1S/C23H27N3O2S/c1-18(2)17-28-21-11-6-10-20(16-21)22(27)25-23(29)26(14-7-13-24)15-12-19-8-4-3-5-9-19/h3-6,8-11,16,18H,7,12,14-15,17H2,1-2H3,(H,25,27,29). The number of hydrogen-bond acceptors (Lipinski definition) is 4. The summed E-state index contributed by atoms with van der Waals surface area (Å²) in [4.78, 5) is 14.5. The van der Waals surface area contributed by atoms with Crippen LogP contribution in [0.3, 0.4) is 0 Å². The predicted octanol–water partition coefficient (Wildman–Crippen LogP) is 4.19. The molecule has 0 saturated heterocycles. The van der Waals surface area contributed by atoms with Gasteiger partial charge in [0.2, 0.25) is 0 Å². The van der Waals surface area contributed by atoms with Gasteiger partial charge in [0.15, 0.2) is 5.11 Å². The van der Waals surface area contributed by atoms with Gasteiger partial charge in [0.25, 0.3) is 5.91 Å². The lowest BCUT2D eigenvalue weighted by Gasteiger charge is -2.24. The van der Waals surface area contributed by atoms with Gasteiger partial charge in [-0.2, -0.15) is 5.26 Å². The van der Waals surface area contributed by atoms with Gasteiger partial charge in [-0.3, -0.25) is 10.1 Å². The van der Waals surface area contributed by atoms with Crippen molar-refractivity contribution in [2.75, 3.05) is 19.7 Å². The zero-order valence-electron chi connectivity index (χ0n) is 16.9. The first-order chi connectivity index (χ1) is 14.0. The number of hydrogen-bond donors (Lipinski definition) is 1. The van der Waals surface area contributed by atoms with Crippen LogP contribution in [-0.2, 0) is 6.42 Å². The maximum Gasteiger partial charge on any atom is 0.257 e. The Hall–Kier alpha value is -2.91. The molecule has 0 saturated carbocycles. The maximum absolute atomic E-state index is 12.7. The van der Waals surface area contributed by atoms with Gasteiger partial charge in [0.05, 0.1) is 19.1 Å². The van der Waals surface area contributed by atoms with Gasteiger partial charge in [-0.25, -0.2) is 0 Å². The van der Waals surface area contributed by atoms with Crippen LogP contribution in [0.4, 0.5) is 0 Å². The predicted molar refractivity (Wildman–Crippen MR) is 119 cm³/mol. The zero-order chi connectivity index (χ0) is 21.1. The van der Waals surface area contributed by atoms with Crippen LogP contribution >= 0.6 is 12.2 Å². The molecule has 2 rings (SSSR count). The number of amides is 1. The third-order valence-electron chi connectivity index (χ3n) is 4.19. The number of ether oxygens (including phenoxy) is 1. The Balaban J connectivity index is 1.99. The molecule has 1 N–H and O–H groups in total. The molecule has 29 heavy (non-hydrogen) atoms. The molecule has 2 aromatic rings. The zero-order valence-corrected chi connectivity index (χ0v) is 17.7. The topological polar surface area (TPSA) is 65.4 Å². The minimum Gasteiger partial charge on any atom is -0.493 e. The van der Waals surface area contributed by atoms with Gasteiger partial charge >= 0.3 is 0 Å². The normalized spacial score (nSPS) is 10.3. The molecule has 0 aliphatic heterocycles. The van der Waals surface area contributed by atoms with Gasteiger partial charge in [0.1, 0.15) is 5.75 Å². The van der Waals surface area contributed by atoms with Crippen molar-refractivity contribution in [3.05, 3.63) is 65.7 Å². The van der Waals surface area contributed by atoms with E-state index < -0.39 is 0 Å². The number of nitriles is 1. The number of carbonyl (C=O) groups is 1. The molecule has 0 aliphatic rings.